The molecule has 8 nitrogen and oxygen atoms in total. The van der Waals surface area contributed by atoms with Crippen LogP contribution in [0.4, 0.5) is 0 Å². The lowest BCUT2D eigenvalue weighted by Crippen LogP contribution is -2.41. The molecular weight excluding hydrogens is 611 g/mol. The van der Waals surface area contributed by atoms with Gasteiger partial charge in [-0.05, 0) is 100 Å². The Morgan fingerprint density at radius 3 is 2.52 bits per heavy atom. The van der Waals surface area contributed by atoms with Gasteiger partial charge in [0.25, 0.3) is 0 Å². The largest absolute Gasteiger partial charge is 0.411 e. The van der Waals surface area contributed by atoms with Gasteiger partial charge in [0.2, 0.25) is 11.4 Å². The summed E-state index contributed by atoms with van der Waals surface area (Å²) in [7, 11) is -1.92. The fourth-order valence-corrected chi connectivity index (χ4v) is 7.19. The van der Waals surface area contributed by atoms with Crippen LogP contribution in [0, 0.1) is 0 Å². The third-order valence-electron chi connectivity index (χ3n) is 9.23. The number of benzene rings is 1. The monoisotopic (exact) mass is 662 g/mol. The van der Waals surface area contributed by atoms with Crippen LogP contribution >= 0.6 is 0 Å². The minimum Gasteiger partial charge on any atom is -0.411 e. The summed E-state index contributed by atoms with van der Waals surface area (Å²) in [6.45, 7) is 20.8. The second kappa shape index (κ2) is 13.9. The highest BCUT2D eigenvalue weighted by molar-refractivity contribution is 7.90. The number of aromatic nitrogens is 4. The van der Waals surface area contributed by atoms with Crippen molar-refractivity contribution in [1.29, 1.82) is 0 Å². The summed E-state index contributed by atoms with van der Waals surface area (Å²) in [5, 5.41) is 6.05. The van der Waals surface area contributed by atoms with Crippen molar-refractivity contribution in [2.45, 2.75) is 116 Å². The Labute approximate surface area is 279 Å². The summed E-state index contributed by atoms with van der Waals surface area (Å²) in [5.74, 6) is 0.757. The minimum absolute atomic E-state index is 0.0122. The first-order chi connectivity index (χ1) is 21.7. The van der Waals surface area contributed by atoms with E-state index < -0.39 is 19.7 Å². The van der Waals surface area contributed by atoms with Gasteiger partial charge in [-0.2, -0.15) is 9.65 Å². The molecule has 0 bridgehead atoms. The van der Waals surface area contributed by atoms with Crippen molar-refractivity contribution in [3.8, 4) is 17.1 Å². The minimum atomic E-state index is -1.92. The average molecular weight is 663 g/mol. The molecule has 0 radical (unpaired) electrons. The van der Waals surface area contributed by atoms with E-state index in [0.717, 1.165) is 77.2 Å². The first kappa shape index (κ1) is 34.7. The van der Waals surface area contributed by atoms with Gasteiger partial charge in [0.15, 0.2) is 18.9 Å². The highest BCUT2D eigenvalue weighted by Gasteiger charge is 2.38. The lowest BCUT2D eigenvalue weighted by atomic mass is 9.97. The van der Waals surface area contributed by atoms with Gasteiger partial charge in [0.05, 0.1) is 47.5 Å². The first-order valence-electron chi connectivity index (χ1n) is 16.6. The number of fused-ring (bicyclic) bond motifs is 1. The topological polar surface area (TPSA) is 94.3 Å². The molecule has 3 aromatic heterocycles. The molecule has 1 aliphatic heterocycles. The van der Waals surface area contributed by atoms with Crippen molar-refractivity contribution >= 4 is 30.6 Å². The van der Waals surface area contributed by atoms with Gasteiger partial charge < -0.3 is 9.16 Å². The van der Waals surface area contributed by atoms with E-state index >= 15 is 0 Å². The summed E-state index contributed by atoms with van der Waals surface area (Å²) in [6.07, 6.45) is 5.83. The Morgan fingerprint density at radius 2 is 1.85 bits per heavy atom. The molecular formula is C36H52N5O3SSi+. The van der Waals surface area contributed by atoms with Crippen molar-refractivity contribution in [2.24, 2.45) is 0 Å². The maximum atomic E-state index is 10.9. The maximum absolute atomic E-state index is 10.9. The molecule has 0 saturated carbocycles. The van der Waals surface area contributed by atoms with Crippen LogP contribution in [0.1, 0.15) is 103 Å². The van der Waals surface area contributed by atoms with Crippen molar-refractivity contribution in [2.75, 3.05) is 6.61 Å². The fraction of sp³-hybridized carbons (Fsp3) is 0.528. The maximum Gasteiger partial charge on any atom is 0.240 e. The van der Waals surface area contributed by atoms with Crippen LogP contribution in [0.3, 0.4) is 0 Å². The molecule has 3 atom stereocenters. The number of nitrogens with zero attached hydrogens (tertiary/aromatic N) is 4. The fourth-order valence-electron chi connectivity index (χ4n) is 5.38. The van der Waals surface area contributed by atoms with E-state index in [4.69, 9.17) is 24.2 Å². The molecule has 4 aromatic rings. The number of rotatable bonds is 11. The normalized spacial score (nSPS) is 17.5. The lowest BCUT2D eigenvalue weighted by Gasteiger charge is -2.36. The zero-order valence-electron chi connectivity index (χ0n) is 29.1. The molecule has 2 N–H and O–H groups in total. The molecule has 5 rings (SSSR count). The third kappa shape index (κ3) is 7.74. The van der Waals surface area contributed by atoms with Gasteiger partial charge in [0.1, 0.15) is 0 Å². The van der Waals surface area contributed by atoms with Crippen LogP contribution in [0.5, 0.6) is 0 Å². The summed E-state index contributed by atoms with van der Waals surface area (Å²) in [6, 6.07) is 16.6. The van der Waals surface area contributed by atoms with Crippen molar-refractivity contribution in [3.05, 3.63) is 71.7 Å². The van der Waals surface area contributed by atoms with E-state index in [0.29, 0.717) is 6.61 Å². The molecule has 4 heterocycles. The Bertz CT molecular complexity index is 1640. The van der Waals surface area contributed by atoms with Crippen LogP contribution < -0.4 is 4.72 Å². The van der Waals surface area contributed by atoms with Gasteiger partial charge in [-0.3, -0.25) is 4.98 Å². The molecule has 1 fully saturated rings. The zero-order chi connectivity index (χ0) is 33.3. The third-order valence-corrected chi connectivity index (χ3v) is 15.4. The number of nitrogens with one attached hydrogen (secondary N) is 1. The van der Waals surface area contributed by atoms with E-state index in [1.165, 1.54) is 0 Å². The van der Waals surface area contributed by atoms with Crippen molar-refractivity contribution < 1.29 is 13.7 Å². The van der Waals surface area contributed by atoms with Crippen molar-refractivity contribution in [1.82, 2.24) is 24.5 Å². The summed E-state index contributed by atoms with van der Waals surface area (Å²) in [4.78, 5) is 10.2. The van der Waals surface area contributed by atoms with Gasteiger partial charge in [0, 0.05) is 17.6 Å². The molecule has 0 aliphatic carbocycles. The second-order valence-electron chi connectivity index (χ2n) is 14.9. The summed E-state index contributed by atoms with van der Waals surface area (Å²) in [5.41, 5.74) is 5.81. The number of hydrogen-bond donors (Lipinski definition) is 2. The number of ether oxygens (including phenoxy) is 1. The van der Waals surface area contributed by atoms with E-state index in [9.17, 15) is 4.55 Å². The Kier molecular flexibility index (Phi) is 10.5. The molecule has 1 aromatic carbocycles. The molecule has 46 heavy (non-hydrogen) atoms. The Morgan fingerprint density at radius 1 is 1.09 bits per heavy atom. The van der Waals surface area contributed by atoms with Crippen LogP contribution in [0.25, 0.3) is 28.0 Å². The van der Waals surface area contributed by atoms with Gasteiger partial charge in [-0.1, -0.05) is 51.0 Å². The highest BCUT2D eigenvalue weighted by atomic mass is 32.2. The first-order valence-corrected chi connectivity index (χ1v) is 20.7. The van der Waals surface area contributed by atoms with Crippen LogP contribution in [0.2, 0.25) is 18.1 Å². The summed E-state index contributed by atoms with van der Waals surface area (Å²) >= 11 is -0.959. The van der Waals surface area contributed by atoms with E-state index in [2.05, 4.69) is 75.8 Å². The van der Waals surface area contributed by atoms with Crippen LogP contribution in [0.15, 0.2) is 54.7 Å². The SMILES string of the molecule is CCC[C@H](N[S+](O)C(C)(C)C)c1cccc(-c2cc(C3CCCO3)c3cnn(-c4cccc(CO[Si](C)(C)C(C)(C)C)n4)c3c2)n1. The molecule has 10 heteroatoms. The molecule has 2 unspecified atom stereocenters. The molecule has 0 spiro atoms. The smallest absolute Gasteiger partial charge is 0.240 e. The Balaban J connectivity index is 1.54. The zero-order valence-corrected chi connectivity index (χ0v) is 30.9. The van der Waals surface area contributed by atoms with E-state index in [-0.39, 0.29) is 21.9 Å². The van der Waals surface area contributed by atoms with Gasteiger partial charge in [-0.25, -0.2) is 9.67 Å². The molecule has 0 amide bonds. The highest BCUT2D eigenvalue weighted by Crippen LogP contribution is 2.39. The van der Waals surface area contributed by atoms with Crippen LogP contribution in [-0.2, 0) is 27.1 Å². The molecule has 248 valence electrons. The average Bonchev–Trinajstić information content (AvgIpc) is 3.69. The molecule has 1 saturated heterocycles. The number of hydrogen-bond acceptors (Lipinski definition) is 7. The lowest BCUT2D eigenvalue weighted by molar-refractivity contribution is 0.113. The number of pyridine rings is 2. The molecule has 1 aliphatic rings. The summed E-state index contributed by atoms with van der Waals surface area (Å²) < 4.78 is 28.7. The second-order valence-corrected chi connectivity index (χ2v) is 21.7. The Hall–Kier alpha value is -2.60. The predicted octanol–water partition coefficient (Wildman–Crippen LogP) is 9.09. The van der Waals surface area contributed by atoms with Crippen molar-refractivity contribution in [3.63, 3.8) is 0 Å². The van der Waals surface area contributed by atoms with Gasteiger partial charge >= 0.3 is 0 Å². The predicted molar refractivity (Wildman–Crippen MR) is 193 cm³/mol. The standard InChI is InChI=1S/C36H52N5O3SSi/c1-10-14-31(40-45(42)35(2,3)4)30-17-12-16-29(39-30)25-21-27(33-18-13-20-43-33)28-23-37-41(32(28)22-25)34-19-11-15-26(38-34)24-44-46(8,9)36(5,6)7/h11-12,15-17,19,21-23,31,33,40,42H,10,13-14,18,20,24H2,1-9H3/q+1/t31-,33?,45?/m0/s1. The van der Waals surface area contributed by atoms with E-state index in [1.807, 2.05) is 49.8 Å². The van der Waals surface area contributed by atoms with E-state index in [1.54, 1.807) is 0 Å². The quantitative estimate of drug-likeness (QED) is 0.122. The van der Waals surface area contributed by atoms with Gasteiger partial charge in [-0.15, -0.1) is 0 Å². The van der Waals surface area contributed by atoms with Crippen LogP contribution in [-0.4, -0.2) is 44.0 Å².